The van der Waals surface area contributed by atoms with Gasteiger partial charge in [-0.1, -0.05) is 13.3 Å². The van der Waals surface area contributed by atoms with E-state index < -0.39 is 57.1 Å². The third-order valence-corrected chi connectivity index (χ3v) is 7.55. The summed E-state index contributed by atoms with van der Waals surface area (Å²) in [5, 5.41) is 20.4. The van der Waals surface area contributed by atoms with Crippen LogP contribution in [0.4, 0.5) is 8.78 Å². The minimum Gasteiger partial charge on any atom is -0.480 e. The molecule has 15 heteroatoms. The number of nitrogens with zero attached hydrogens (tertiary/aromatic N) is 1. The number of carbonyl (C=O) groups is 2. The Morgan fingerprint density at radius 3 is 2.58 bits per heavy atom. The molecule has 1 saturated heterocycles. The van der Waals surface area contributed by atoms with E-state index in [0.717, 1.165) is 31.8 Å². The van der Waals surface area contributed by atoms with Crippen molar-refractivity contribution < 1.29 is 31.9 Å². The molecule has 12 nitrogen and oxygen atoms in total. The molecule has 2 aromatic rings. The lowest BCUT2D eigenvalue weighted by Gasteiger charge is -2.26. The largest absolute Gasteiger partial charge is 0.480 e. The van der Waals surface area contributed by atoms with Gasteiger partial charge in [0.05, 0.1) is 16.7 Å². The number of carboxylic acid groups (broad SMARTS) is 1. The molecule has 1 aromatic carbocycles. The van der Waals surface area contributed by atoms with Gasteiger partial charge >= 0.3 is 5.97 Å². The molecule has 1 aromatic heterocycles. The summed E-state index contributed by atoms with van der Waals surface area (Å²) in [5.41, 5.74) is -1.93. The molecule has 2 heterocycles. The lowest BCUT2D eigenvalue weighted by molar-refractivity contribution is -0.138. The third kappa shape index (κ3) is 7.11. The van der Waals surface area contributed by atoms with E-state index in [9.17, 15) is 32.3 Å². The second kappa shape index (κ2) is 12.7. The summed E-state index contributed by atoms with van der Waals surface area (Å²) in [4.78, 5) is 37.2. The first kappa shape index (κ1) is 29.6. The first-order valence-corrected chi connectivity index (χ1v) is 13.8. The number of benzene rings is 1. The Morgan fingerprint density at radius 2 is 1.95 bits per heavy atom. The highest BCUT2D eigenvalue weighted by atomic mass is 32.2. The number of fused-ring (bicyclic) bond motifs is 1. The van der Waals surface area contributed by atoms with E-state index in [0.29, 0.717) is 12.8 Å². The molecule has 38 heavy (non-hydrogen) atoms. The molecule has 6 N–H and O–H groups in total. The summed E-state index contributed by atoms with van der Waals surface area (Å²) in [5.74, 6) is -4.76. The number of amides is 1. The summed E-state index contributed by atoms with van der Waals surface area (Å²) >= 11 is 0. The number of sulfonamides is 1. The van der Waals surface area contributed by atoms with Crippen LogP contribution in [0, 0.1) is 11.6 Å². The lowest BCUT2D eigenvalue weighted by Crippen LogP contribution is -2.56. The van der Waals surface area contributed by atoms with Gasteiger partial charge in [-0.3, -0.25) is 30.3 Å². The van der Waals surface area contributed by atoms with Gasteiger partial charge < -0.3 is 15.0 Å². The van der Waals surface area contributed by atoms with E-state index in [1.54, 1.807) is 6.92 Å². The number of hydrogen-bond acceptors (Lipinski definition) is 8. The van der Waals surface area contributed by atoms with Crippen LogP contribution < -0.4 is 31.4 Å². The number of unbranched alkanes of at least 4 members (excludes halogenated alkanes) is 1. The van der Waals surface area contributed by atoms with Crippen molar-refractivity contribution in [3.8, 4) is 0 Å². The summed E-state index contributed by atoms with van der Waals surface area (Å²) in [7, 11) is -2.54. The summed E-state index contributed by atoms with van der Waals surface area (Å²) in [6, 6.07) is -0.818. The fraction of sp³-hybridized carbons (Fsp3) is 0.522. The first-order chi connectivity index (χ1) is 17.9. The fourth-order valence-corrected chi connectivity index (χ4v) is 5.44. The van der Waals surface area contributed by atoms with E-state index in [-0.39, 0.29) is 35.1 Å². The van der Waals surface area contributed by atoms with E-state index >= 15 is 4.39 Å². The number of nitrogens with one attached hydrogen (secondary N) is 5. The van der Waals surface area contributed by atoms with Crippen LogP contribution in [-0.2, 0) is 28.4 Å². The number of aryl methyl sites for hydroxylation is 1. The van der Waals surface area contributed by atoms with Gasteiger partial charge in [-0.15, -0.1) is 0 Å². The molecule has 1 aliphatic heterocycles. The molecular formula is C23H32F2N6O6S. The molecule has 0 radical (unpaired) electrons. The molecule has 0 aliphatic carbocycles. The predicted octanol–water partition coefficient (Wildman–Crippen LogP) is -0.325. The average Bonchev–Trinajstić information content (AvgIpc) is 2.87. The molecule has 1 atom stereocenters. The number of hydrogen-bond donors (Lipinski definition) is 6. The van der Waals surface area contributed by atoms with Crippen LogP contribution in [0.2, 0.25) is 0 Å². The number of rotatable bonds is 12. The second-order valence-corrected chi connectivity index (χ2v) is 10.9. The SMILES string of the molecule is CCCCS(=O)(=O)NC(CNC(=O)c1cn(C)c2c(F)c(CNC3NCCCN3)c(F)cc2c1=O)C(=O)O. The van der Waals surface area contributed by atoms with Crippen molar-refractivity contribution in [2.45, 2.75) is 45.1 Å². The minimum atomic E-state index is -3.91. The van der Waals surface area contributed by atoms with Crippen molar-refractivity contribution >= 4 is 32.8 Å². The van der Waals surface area contributed by atoms with Gasteiger partial charge in [0.25, 0.3) is 5.91 Å². The summed E-state index contributed by atoms with van der Waals surface area (Å²) in [6.07, 6.45) is 2.54. The number of pyridine rings is 1. The highest BCUT2D eigenvalue weighted by molar-refractivity contribution is 7.89. The Hall–Kier alpha value is -2.98. The van der Waals surface area contributed by atoms with E-state index in [2.05, 4.69) is 21.3 Å². The van der Waals surface area contributed by atoms with E-state index in [4.69, 9.17) is 0 Å². The Kier molecular flexibility index (Phi) is 9.89. The number of aliphatic carboxylic acids is 1. The quantitative estimate of drug-likeness (QED) is 0.204. The number of carboxylic acids is 1. The topological polar surface area (TPSA) is 171 Å². The fourth-order valence-electron chi connectivity index (χ4n) is 4.03. The summed E-state index contributed by atoms with van der Waals surface area (Å²) in [6.45, 7) is 2.43. The van der Waals surface area contributed by atoms with Gasteiger partial charge in [-0.25, -0.2) is 17.2 Å². The van der Waals surface area contributed by atoms with E-state index in [1.807, 2.05) is 4.72 Å². The van der Waals surface area contributed by atoms with Crippen LogP contribution in [-0.4, -0.2) is 67.7 Å². The van der Waals surface area contributed by atoms with Crippen molar-refractivity contribution in [3.05, 3.63) is 45.2 Å². The smallest absolute Gasteiger partial charge is 0.323 e. The van der Waals surface area contributed by atoms with Gasteiger partial charge in [0.2, 0.25) is 15.5 Å². The van der Waals surface area contributed by atoms with Gasteiger partial charge in [-0.2, -0.15) is 4.72 Å². The minimum absolute atomic E-state index is 0.167. The Balaban J connectivity index is 1.82. The molecule has 0 spiro atoms. The standard InChI is InChI=1S/C23H32F2N6O6S/c1-3-4-8-38(36,37)30-17(22(34)35)11-28-21(33)15-12-31(2)19-13(20(15)32)9-16(24)14(18(19)25)10-29-23-26-6-5-7-27-23/h9,12,17,23,26-27,29-30H,3-8,10-11H2,1-2H3,(H,28,33)(H,34,35). The Labute approximate surface area is 218 Å². The molecule has 1 unspecified atom stereocenters. The second-order valence-electron chi connectivity index (χ2n) is 9.00. The molecule has 210 valence electrons. The number of halogens is 2. The Bertz CT molecular complexity index is 1360. The number of carbonyl (C=O) groups excluding carboxylic acids is 1. The molecule has 1 fully saturated rings. The van der Waals surface area contributed by atoms with Crippen molar-refractivity contribution in [1.82, 2.24) is 30.6 Å². The highest BCUT2D eigenvalue weighted by Gasteiger charge is 2.26. The van der Waals surface area contributed by atoms with Crippen LogP contribution in [0.3, 0.4) is 0 Å². The van der Waals surface area contributed by atoms with Crippen LogP contribution in [0.25, 0.3) is 10.9 Å². The highest BCUT2D eigenvalue weighted by Crippen LogP contribution is 2.22. The van der Waals surface area contributed by atoms with Crippen LogP contribution >= 0.6 is 0 Å². The lowest BCUT2D eigenvalue weighted by atomic mass is 10.1. The normalized spacial score (nSPS) is 15.5. The maximum atomic E-state index is 15.3. The van der Waals surface area contributed by atoms with Gasteiger partial charge in [0, 0.05) is 31.9 Å². The first-order valence-electron chi connectivity index (χ1n) is 12.2. The monoisotopic (exact) mass is 558 g/mol. The van der Waals surface area contributed by atoms with E-state index in [1.165, 1.54) is 11.6 Å². The maximum Gasteiger partial charge on any atom is 0.323 e. The van der Waals surface area contributed by atoms with Crippen molar-refractivity contribution in [2.24, 2.45) is 7.05 Å². The van der Waals surface area contributed by atoms with Crippen molar-refractivity contribution in [3.63, 3.8) is 0 Å². The van der Waals surface area contributed by atoms with Gasteiger partial charge in [-0.05, 0) is 32.0 Å². The van der Waals surface area contributed by atoms with Crippen LogP contribution in [0.1, 0.15) is 42.1 Å². The zero-order valence-corrected chi connectivity index (χ0v) is 21.9. The van der Waals surface area contributed by atoms with Crippen molar-refractivity contribution in [1.29, 1.82) is 0 Å². The summed E-state index contributed by atoms with van der Waals surface area (Å²) < 4.78 is 57.5. The van der Waals surface area contributed by atoms with Crippen molar-refractivity contribution in [2.75, 3.05) is 25.4 Å². The average molecular weight is 559 g/mol. The molecule has 1 aliphatic rings. The van der Waals surface area contributed by atoms with Gasteiger partial charge in [0.15, 0.2) is 5.82 Å². The molecule has 0 saturated carbocycles. The zero-order valence-electron chi connectivity index (χ0n) is 21.1. The zero-order chi connectivity index (χ0) is 28.0. The number of aromatic nitrogens is 1. The molecule has 0 bridgehead atoms. The third-order valence-electron chi connectivity index (χ3n) is 6.08. The maximum absolute atomic E-state index is 15.3. The Morgan fingerprint density at radius 1 is 1.26 bits per heavy atom. The molecular weight excluding hydrogens is 526 g/mol. The van der Waals surface area contributed by atoms with Gasteiger partial charge in [0.1, 0.15) is 23.7 Å². The predicted molar refractivity (Wildman–Crippen MR) is 136 cm³/mol. The molecule has 1 amide bonds. The van der Waals surface area contributed by atoms with Crippen LogP contribution in [0.5, 0.6) is 0 Å². The molecule has 3 rings (SSSR count). The van der Waals surface area contributed by atoms with Crippen LogP contribution in [0.15, 0.2) is 17.1 Å².